The van der Waals surface area contributed by atoms with E-state index in [1.807, 2.05) is 13.0 Å². The number of halogens is 2. The number of aryl methyl sites for hydroxylation is 1. The largest absolute Gasteiger partial charge is 0.496 e. The zero-order chi connectivity index (χ0) is 17.2. The monoisotopic (exact) mass is 341 g/mol. The number of benzene rings is 2. The van der Waals surface area contributed by atoms with Crippen LogP contribution < -0.4 is 4.74 Å². The molecule has 0 saturated carbocycles. The van der Waals surface area contributed by atoms with Crippen LogP contribution >= 0.6 is 0 Å². The molecule has 0 N–H and O–H groups in total. The molecule has 124 valence electrons. The second-order valence-corrected chi connectivity index (χ2v) is 7.23. The molecule has 0 aliphatic heterocycles. The molecule has 0 unspecified atom stereocenters. The van der Waals surface area contributed by atoms with E-state index in [0.29, 0.717) is 17.4 Å². The molecule has 7 heteroatoms. The summed E-state index contributed by atoms with van der Waals surface area (Å²) in [5.41, 5.74) is 1.61. The van der Waals surface area contributed by atoms with E-state index in [1.54, 1.807) is 12.1 Å². The molecular weight excluding hydrogens is 324 g/mol. The molecule has 0 radical (unpaired) electrons. The molecule has 2 rings (SSSR count). The number of hydrogen-bond acceptors (Lipinski definition) is 3. The third kappa shape index (κ3) is 3.86. The summed E-state index contributed by atoms with van der Waals surface area (Å²) in [6.45, 7) is 1.89. The fraction of sp³-hybridized carbons (Fsp3) is 0.250. The molecule has 0 saturated heterocycles. The predicted molar refractivity (Wildman–Crippen MR) is 82.7 cm³/mol. The number of rotatable bonds is 5. The topological polar surface area (TPSA) is 46.6 Å². The van der Waals surface area contributed by atoms with Gasteiger partial charge in [0.1, 0.15) is 17.4 Å². The zero-order valence-corrected chi connectivity index (χ0v) is 13.8. The lowest BCUT2D eigenvalue weighted by Crippen LogP contribution is -2.27. The Balaban J connectivity index is 2.36. The molecule has 23 heavy (non-hydrogen) atoms. The van der Waals surface area contributed by atoms with Gasteiger partial charge in [0, 0.05) is 25.2 Å². The highest BCUT2D eigenvalue weighted by Crippen LogP contribution is 2.24. The van der Waals surface area contributed by atoms with Crippen molar-refractivity contribution in [1.29, 1.82) is 0 Å². The minimum atomic E-state index is -4.02. The Morgan fingerprint density at radius 1 is 1.09 bits per heavy atom. The third-order valence-electron chi connectivity index (χ3n) is 3.37. The van der Waals surface area contributed by atoms with E-state index in [1.165, 1.54) is 14.2 Å². The lowest BCUT2D eigenvalue weighted by molar-refractivity contribution is 0.397. The van der Waals surface area contributed by atoms with E-state index in [4.69, 9.17) is 4.74 Å². The second-order valence-electron chi connectivity index (χ2n) is 5.18. The van der Waals surface area contributed by atoms with E-state index in [9.17, 15) is 17.2 Å². The Morgan fingerprint density at radius 2 is 1.70 bits per heavy atom. The molecule has 0 aliphatic rings. The number of methoxy groups -OCH3 is 1. The van der Waals surface area contributed by atoms with Crippen LogP contribution in [0.4, 0.5) is 8.78 Å². The summed E-state index contributed by atoms with van der Waals surface area (Å²) in [5.74, 6) is -1.33. The van der Waals surface area contributed by atoms with Gasteiger partial charge < -0.3 is 4.74 Å². The van der Waals surface area contributed by atoms with Crippen LogP contribution in [0.5, 0.6) is 5.75 Å². The van der Waals surface area contributed by atoms with Gasteiger partial charge in [-0.1, -0.05) is 17.7 Å². The number of nitrogens with zero attached hydrogens (tertiary/aromatic N) is 1. The average molecular weight is 341 g/mol. The van der Waals surface area contributed by atoms with E-state index in [2.05, 4.69) is 0 Å². The lowest BCUT2D eigenvalue weighted by atomic mass is 10.1. The first-order valence-corrected chi connectivity index (χ1v) is 8.24. The molecule has 2 aromatic rings. The van der Waals surface area contributed by atoms with Crippen LogP contribution in [0.25, 0.3) is 0 Å². The van der Waals surface area contributed by atoms with Crippen molar-refractivity contribution in [3.8, 4) is 5.75 Å². The van der Waals surface area contributed by atoms with Gasteiger partial charge in [0.15, 0.2) is 0 Å². The summed E-state index contributed by atoms with van der Waals surface area (Å²) in [6.07, 6.45) is 0. The first kappa shape index (κ1) is 17.4. The van der Waals surface area contributed by atoms with Gasteiger partial charge in [-0.2, -0.15) is 4.31 Å². The highest BCUT2D eigenvalue weighted by Gasteiger charge is 2.23. The van der Waals surface area contributed by atoms with Gasteiger partial charge in [-0.15, -0.1) is 0 Å². The molecule has 2 aromatic carbocycles. The van der Waals surface area contributed by atoms with Gasteiger partial charge in [-0.25, -0.2) is 17.2 Å². The highest BCUT2D eigenvalue weighted by atomic mass is 32.2. The minimum Gasteiger partial charge on any atom is -0.496 e. The molecule has 0 bridgehead atoms. The maximum absolute atomic E-state index is 13.3. The molecule has 0 aliphatic carbocycles. The standard InChI is InChI=1S/C16H17F2NO3S/c1-11-4-5-16(22-3)12(6-11)10-19(2)23(20,21)15-8-13(17)7-14(18)9-15/h4-9H,10H2,1-3H3. The Bertz CT molecular complexity index is 802. The molecule has 0 amide bonds. The Morgan fingerprint density at radius 3 is 2.26 bits per heavy atom. The highest BCUT2D eigenvalue weighted by molar-refractivity contribution is 7.89. The van der Waals surface area contributed by atoms with Crippen molar-refractivity contribution in [1.82, 2.24) is 4.31 Å². The van der Waals surface area contributed by atoms with Crippen molar-refractivity contribution in [3.05, 3.63) is 59.2 Å². The quantitative estimate of drug-likeness (QED) is 0.839. The van der Waals surface area contributed by atoms with Crippen LogP contribution in [0.15, 0.2) is 41.3 Å². The fourth-order valence-electron chi connectivity index (χ4n) is 2.21. The fourth-order valence-corrected chi connectivity index (χ4v) is 3.41. The smallest absolute Gasteiger partial charge is 0.243 e. The molecule has 0 fully saturated rings. The number of ether oxygens (including phenoxy) is 1. The summed E-state index contributed by atoms with van der Waals surface area (Å²) in [5, 5.41) is 0. The molecule has 0 spiro atoms. The summed E-state index contributed by atoms with van der Waals surface area (Å²) >= 11 is 0. The minimum absolute atomic E-state index is 0.0192. The Labute approximate surface area is 134 Å². The van der Waals surface area contributed by atoms with Crippen LogP contribution in [0.2, 0.25) is 0 Å². The van der Waals surface area contributed by atoms with Crippen molar-refractivity contribution in [2.45, 2.75) is 18.4 Å². The van der Waals surface area contributed by atoms with Gasteiger partial charge in [-0.05, 0) is 25.1 Å². The first-order valence-electron chi connectivity index (χ1n) is 6.80. The van der Waals surface area contributed by atoms with E-state index in [-0.39, 0.29) is 6.54 Å². The van der Waals surface area contributed by atoms with Crippen molar-refractivity contribution >= 4 is 10.0 Å². The number of sulfonamides is 1. The summed E-state index contributed by atoms with van der Waals surface area (Å²) in [6, 6.07) is 7.61. The van der Waals surface area contributed by atoms with Crippen LogP contribution in [-0.2, 0) is 16.6 Å². The Kier molecular flexibility index (Phi) is 5.01. The first-order chi connectivity index (χ1) is 10.7. The van der Waals surface area contributed by atoms with E-state index in [0.717, 1.165) is 22.0 Å². The SMILES string of the molecule is COc1ccc(C)cc1CN(C)S(=O)(=O)c1cc(F)cc(F)c1. The molecule has 4 nitrogen and oxygen atoms in total. The van der Waals surface area contributed by atoms with Crippen molar-refractivity contribution in [2.24, 2.45) is 0 Å². The second kappa shape index (κ2) is 6.64. The Hall–Kier alpha value is -1.99. The number of hydrogen-bond donors (Lipinski definition) is 0. The van der Waals surface area contributed by atoms with E-state index < -0.39 is 26.6 Å². The average Bonchev–Trinajstić information content (AvgIpc) is 2.46. The van der Waals surface area contributed by atoms with Crippen LogP contribution in [0.1, 0.15) is 11.1 Å². The van der Waals surface area contributed by atoms with E-state index >= 15 is 0 Å². The van der Waals surface area contributed by atoms with Crippen molar-refractivity contribution in [3.63, 3.8) is 0 Å². The van der Waals surface area contributed by atoms with Gasteiger partial charge in [0.05, 0.1) is 12.0 Å². The third-order valence-corrected chi connectivity index (χ3v) is 5.15. The zero-order valence-electron chi connectivity index (χ0n) is 13.0. The van der Waals surface area contributed by atoms with Gasteiger partial charge in [0.2, 0.25) is 10.0 Å². The molecule has 0 atom stereocenters. The molecule has 0 aromatic heterocycles. The summed E-state index contributed by atoms with van der Waals surface area (Å²) in [4.78, 5) is -0.427. The van der Waals surface area contributed by atoms with Gasteiger partial charge in [-0.3, -0.25) is 0 Å². The van der Waals surface area contributed by atoms with Crippen LogP contribution in [0.3, 0.4) is 0 Å². The molecule has 0 heterocycles. The molecular formula is C16H17F2NO3S. The van der Waals surface area contributed by atoms with Gasteiger partial charge >= 0.3 is 0 Å². The van der Waals surface area contributed by atoms with Gasteiger partial charge in [0.25, 0.3) is 0 Å². The van der Waals surface area contributed by atoms with Crippen LogP contribution in [0, 0.1) is 18.6 Å². The normalized spacial score (nSPS) is 11.7. The summed E-state index contributed by atoms with van der Waals surface area (Å²) < 4.78 is 57.8. The van der Waals surface area contributed by atoms with Crippen LogP contribution in [-0.4, -0.2) is 26.9 Å². The van der Waals surface area contributed by atoms with Crippen molar-refractivity contribution < 1.29 is 21.9 Å². The van der Waals surface area contributed by atoms with Crippen molar-refractivity contribution in [2.75, 3.05) is 14.2 Å². The maximum atomic E-state index is 13.3. The lowest BCUT2D eigenvalue weighted by Gasteiger charge is -2.19. The predicted octanol–water partition coefficient (Wildman–Crippen LogP) is 3.10. The summed E-state index contributed by atoms with van der Waals surface area (Å²) in [7, 11) is -1.18. The maximum Gasteiger partial charge on any atom is 0.243 e.